The fourth-order valence-electron chi connectivity index (χ4n) is 2.32. The van der Waals surface area contributed by atoms with Crippen molar-refractivity contribution in [3.63, 3.8) is 0 Å². The van der Waals surface area contributed by atoms with Crippen LogP contribution in [0.5, 0.6) is 0 Å². The van der Waals surface area contributed by atoms with Gasteiger partial charge in [-0.05, 0) is 39.5 Å². The zero-order chi connectivity index (χ0) is 16.4. The summed E-state index contributed by atoms with van der Waals surface area (Å²) in [5, 5.41) is 9.14. The third-order valence-corrected chi connectivity index (χ3v) is 3.14. The van der Waals surface area contributed by atoms with Gasteiger partial charge in [0, 0.05) is 13.0 Å². The van der Waals surface area contributed by atoms with Gasteiger partial charge in [-0.1, -0.05) is 0 Å². The van der Waals surface area contributed by atoms with Crippen LogP contribution in [-0.4, -0.2) is 46.4 Å². The van der Waals surface area contributed by atoms with Crippen LogP contribution in [0, 0.1) is 5.92 Å². The minimum absolute atomic E-state index is 0.0490. The highest BCUT2D eigenvalue weighted by Crippen LogP contribution is 2.33. The van der Waals surface area contributed by atoms with Crippen molar-refractivity contribution in [2.45, 2.75) is 57.9 Å². The summed E-state index contributed by atoms with van der Waals surface area (Å²) in [5.74, 6) is -2.10. The smallest absolute Gasteiger partial charge is 0.411 e. The van der Waals surface area contributed by atoms with Gasteiger partial charge in [-0.25, -0.2) is 9.59 Å². The van der Waals surface area contributed by atoms with Crippen LogP contribution in [0.15, 0.2) is 0 Å². The van der Waals surface area contributed by atoms with Crippen LogP contribution in [-0.2, 0) is 9.53 Å². The number of carbonyl (C=O) groups is 2. The molecule has 1 rings (SSSR count). The largest absolute Gasteiger partial charge is 0.480 e. The second-order valence-electron chi connectivity index (χ2n) is 6.24. The number of rotatable bonds is 2. The number of ether oxygens (including phenoxy) is 1. The minimum atomic E-state index is -4.33. The third-order valence-electron chi connectivity index (χ3n) is 3.14. The Morgan fingerprint density at radius 1 is 1.29 bits per heavy atom. The van der Waals surface area contributed by atoms with Gasteiger partial charge in [0.05, 0.1) is 0 Å². The quantitative estimate of drug-likeness (QED) is 0.851. The van der Waals surface area contributed by atoms with E-state index in [2.05, 4.69) is 0 Å². The van der Waals surface area contributed by atoms with Gasteiger partial charge < -0.3 is 9.84 Å². The molecule has 0 aromatic rings. The van der Waals surface area contributed by atoms with Crippen molar-refractivity contribution in [1.82, 2.24) is 4.90 Å². The van der Waals surface area contributed by atoms with Crippen molar-refractivity contribution in [2.75, 3.05) is 6.54 Å². The molecule has 0 spiro atoms. The molecule has 1 fully saturated rings. The molecule has 0 radical (unpaired) electrons. The van der Waals surface area contributed by atoms with Crippen molar-refractivity contribution in [3.05, 3.63) is 0 Å². The lowest BCUT2D eigenvalue weighted by Gasteiger charge is -2.38. The first-order valence-corrected chi connectivity index (χ1v) is 6.68. The van der Waals surface area contributed by atoms with Gasteiger partial charge in [-0.3, -0.25) is 4.90 Å². The van der Waals surface area contributed by atoms with E-state index < -0.39 is 42.2 Å². The topological polar surface area (TPSA) is 66.8 Å². The van der Waals surface area contributed by atoms with E-state index in [1.54, 1.807) is 20.8 Å². The number of carboxylic acid groups (broad SMARTS) is 1. The van der Waals surface area contributed by atoms with Gasteiger partial charge >= 0.3 is 18.2 Å². The van der Waals surface area contributed by atoms with E-state index in [9.17, 15) is 22.8 Å². The molecule has 1 aliphatic heterocycles. The van der Waals surface area contributed by atoms with Crippen LogP contribution < -0.4 is 0 Å². The van der Waals surface area contributed by atoms with Crippen LogP contribution >= 0.6 is 0 Å². The van der Waals surface area contributed by atoms with E-state index in [0.29, 0.717) is 0 Å². The Balaban J connectivity index is 2.76. The van der Waals surface area contributed by atoms with Crippen LogP contribution in [0.1, 0.15) is 40.0 Å². The standard InChI is InChI=1S/C13H20F3NO4/c1-12(2,3)21-11(20)17-5-4-8(7-13(14,15)16)6-9(17)10(18)19/h8-9H,4-7H2,1-3H3,(H,18,19). The summed E-state index contributed by atoms with van der Waals surface area (Å²) in [7, 11) is 0. The predicted octanol–water partition coefficient (Wildman–Crippen LogP) is 3.04. The molecular weight excluding hydrogens is 291 g/mol. The van der Waals surface area contributed by atoms with Crippen molar-refractivity contribution in [1.29, 1.82) is 0 Å². The maximum Gasteiger partial charge on any atom is 0.411 e. The summed E-state index contributed by atoms with van der Waals surface area (Å²) in [6.07, 6.45) is -6.27. The summed E-state index contributed by atoms with van der Waals surface area (Å²) >= 11 is 0. The normalized spacial score (nSPS) is 23.8. The van der Waals surface area contributed by atoms with Crippen molar-refractivity contribution in [3.8, 4) is 0 Å². The number of alkyl halides is 3. The van der Waals surface area contributed by atoms with Crippen molar-refractivity contribution >= 4 is 12.1 Å². The van der Waals surface area contributed by atoms with Crippen LogP contribution in [0.4, 0.5) is 18.0 Å². The average molecular weight is 311 g/mol. The van der Waals surface area contributed by atoms with Crippen LogP contribution in [0.2, 0.25) is 0 Å². The first-order valence-electron chi connectivity index (χ1n) is 6.68. The lowest BCUT2D eigenvalue weighted by molar-refractivity contribution is -0.156. The molecule has 0 bridgehead atoms. The highest BCUT2D eigenvalue weighted by Gasteiger charge is 2.41. The highest BCUT2D eigenvalue weighted by molar-refractivity contribution is 5.80. The number of nitrogens with zero attached hydrogens (tertiary/aromatic N) is 1. The summed E-state index contributed by atoms with van der Waals surface area (Å²) in [5.41, 5.74) is -0.789. The summed E-state index contributed by atoms with van der Waals surface area (Å²) < 4.78 is 42.3. The second-order valence-corrected chi connectivity index (χ2v) is 6.24. The number of amides is 1. The zero-order valence-electron chi connectivity index (χ0n) is 12.2. The fraction of sp³-hybridized carbons (Fsp3) is 0.846. The molecule has 1 amide bonds. The van der Waals surface area contributed by atoms with Gasteiger partial charge in [0.2, 0.25) is 0 Å². The maximum atomic E-state index is 12.4. The number of carboxylic acids is 1. The number of piperidine rings is 1. The fourth-order valence-corrected chi connectivity index (χ4v) is 2.32. The molecule has 1 aliphatic rings. The Labute approximate surface area is 121 Å². The number of hydrogen-bond donors (Lipinski definition) is 1. The minimum Gasteiger partial charge on any atom is -0.480 e. The van der Waals surface area contributed by atoms with E-state index in [1.165, 1.54) is 0 Å². The number of halogens is 3. The molecule has 2 unspecified atom stereocenters. The summed E-state index contributed by atoms with van der Waals surface area (Å²) in [4.78, 5) is 24.2. The number of hydrogen-bond acceptors (Lipinski definition) is 3. The Kier molecular flexibility index (Phi) is 5.11. The molecule has 8 heteroatoms. The zero-order valence-corrected chi connectivity index (χ0v) is 12.2. The molecular formula is C13H20F3NO4. The summed E-state index contributed by atoms with van der Waals surface area (Å²) in [6, 6.07) is -1.28. The maximum absolute atomic E-state index is 12.4. The summed E-state index contributed by atoms with van der Waals surface area (Å²) in [6.45, 7) is 4.86. The number of carbonyl (C=O) groups excluding carboxylic acids is 1. The second kappa shape index (κ2) is 6.11. The first kappa shape index (κ1) is 17.6. The van der Waals surface area contributed by atoms with E-state index >= 15 is 0 Å². The lowest BCUT2D eigenvalue weighted by atomic mass is 9.88. The lowest BCUT2D eigenvalue weighted by Crippen LogP contribution is -2.51. The third kappa shape index (κ3) is 5.81. The molecule has 1 saturated heterocycles. The van der Waals surface area contributed by atoms with Crippen LogP contribution in [0.3, 0.4) is 0 Å². The number of aliphatic carboxylic acids is 1. The van der Waals surface area contributed by atoms with Gasteiger partial charge in [-0.15, -0.1) is 0 Å². The van der Waals surface area contributed by atoms with E-state index in [0.717, 1.165) is 4.90 Å². The van der Waals surface area contributed by atoms with Gasteiger partial charge in [-0.2, -0.15) is 13.2 Å². The molecule has 2 atom stereocenters. The predicted molar refractivity (Wildman–Crippen MR) is 67.8 cm³/mol. The molecule has 0 aliphatic carbocycles. The van der Waals surface area contributed by atoms with E-state index in [-0.39, 0.29) is 19.4 Å². The van der Waals surface area contributed by atoms with E-state index in [1.807, 2.05) is 0 Å². The molecule has 5 nitrogen and oxygen atoms in total. The molecule has 122 valence electrons. The van der Waals surface area contributed by atoms with Gasteiger partial charge in [0.15, 0.2) is 0 Å². The first-order chi connectivity index (χ1) is 9.39. The Bertz CT molecular complexity index is 403. The average Bonchev–Trinajstić information content (AvgIpc) is 2.23. The SMILES string of the molecule is CC(C)(C)OC(=O)N1CCC(CC(F)(F)F)CC1C(=O)O. The molecule has 0 saturated carbocycles. The highest BCUT2D eigenvalue weighted by atomic mass is 19.4. The monoisotopic (exact) mass is 311 g/mol. The Hall–Kier alpha value is -1.47. The molecule has 0 aromatic carbocycles. The molecule has 1 heterocycles. The molecule has 0 aromatic heterocycles. The Morgan fingerprint density at radius 3 is 2.29 bits per heavy atom. The van der Waals surface area contributed by atoms with E-state index in [4.69, 9.17) is 9.84 Å². The Morgan fingerprint density at radius 2 is 1.86 bits per heavy atom. The molecule has 1 N–H and O–H groups in total. The number of likely N-dealkylation sites (tertiary alicyclic amines) is 1. The van der Waals surface area contributed by atoms with Gasteiger partial charge in [0.25, 0.3) is 0 Å². The van der Waals surface area contributed by atoms with Gasteiger partial charge in [0.1, 0.15) is 11.6 Å². The molecule has 21 heavy (non-hydrogen) atoms. The van der Waals surface area contributed by atoms with Crippen LogP contribution in [0.25, 0.3) is 0 Å². The van der Waals surface area contributed by atoms with Crippen molar-refractivity contribution < 1.29 is 32.6 Å². The van der Waals surface area contributed by atoms with Crippen molar-refractivity contribution in [2.24, 2.45) is 5.92 Å².